The molecule has 2 N–H and O–H groups in total. The fourth-order valence-corrected chi connectivity index (χ4v) is 8.00. The molecule has 2 aromatic heterocycles. The summed E-state index contributed by atoms with van der Waals surface area (Å²) < 4.78 is 18.4. The molecule has 0 bridgehead atoms. The summed E-state index contributed by atoms with van der Waals surface area (Å²) in [4.78, 5) is 18.6. The molecule has 0 radical (unpaired) electrons. The summed E-state index contributed by atoms with van der Waals surface area (Å²) in [5, 5.41) is 18.6. The van der Waals surface area contributed by atoms with Crippen LogP contribution in [0.1, 0.15) is 31.0 Å². The molecule has 250 valence electrons. The summed E-state index contributed by atoms with van der Waals surface area (Å²) in [5.74, 6) is -0.112. The van der Waals surface area contributed by atoms with Crippen molar-refractivity contribution in [3.63, 3.8) is 0 Å². The second kappa shape index (κ2) is 16.9. The van der Waals surface area contributed by atoms with E-state index in [2.05, 4.69) is 52.2 Å². The molecule has 0 amide bonds. The van der Waals surface area contributed by atoms with Crippen molar-refractivity contribution < 1.29 is 19.0 Å². The summed E-state index contributed by atoms with van der Waals surface area (Å²) in [7, 11) is 0. The second-order valence-corrected chi connectivity index (χ2v) is 14.2. The molecule has 3 aromatic carbocycles. The van der Waals surface area contributed by atoms with E-state index < -0.39 is 12.6 Å². The Kier molecular flexibility index (Phi) is 12.7. The fraction of sp³-hybridized carbons (Fsp3) is 0.222. The number of nitrogens with zero attached hydrogens (tertiary/aromatic N) is 2. The number of hydrogen-bond acceptors (Lipinski definition) is 7. The third-order valence-electron chi connectivity index (χ3n) is 7.76. The van der Waals surface area contributed by atoms with Crippen LogP contribution in [0.5, 0.6) is 5.75 Å². The van der Waals surface area contributed by atoms with Crippen LogP contribution in [0.15, 0.2) is 107 Å². The Morgan fingerprint density at radius 1 is 1.06 bits per heavy atom. The van der Waals surface area contributed by atoms with Gasteiger partial charge in [-0.1, -0.05) is 53.0 Å². The zero-order valence-corrected chi connectivity index (χ0v) is 29.8. The van der Waals surface area contributed by atoms with Crippen molar-refractivity contribution in [2.45, 2.75) is 35.4 Å². The number of pyridine rings is 1. The third kappa shape index (κ3) is 9.02. The Labute approximate surface area is 302 Å². The first kappa shape index (κ1) is 36.0. The highest BCUT2D eigenvalue weighted by Crippen LogP contribution is 2.42. The van der Waals surface area contributed by atoms with Crippen LogP contribution < -0.4 is 15.0 Å². The standard InChI is InChI=1S/C28H27ClFN3S2.C8H6Cl2O3/c1-2-33(22-12-10-21(30)11-13-22)27-9-5-8-26(32-27)28(20-15-17-34-19-20)16-14-23(18-31-28)35-25-7-4-3-6-24(25)29;9-5-1-2-7(6(10)3-5)13-4-8(11)12/h3-13,15,17,19,23,31H,2,14,16,18H2,1H3;1-3H,4H2,(H,11,12). The van der Waals surface area contributed by atoms with Crippen molar-refractivity contribution in [2.75, 3.05) is 24.6 Å². The number of aliphatic carboxylic acids is 1. The van der Waals surface area contributed by atoms with E-state index in [1.807, 2.05) is 36.0 Å². The summed E-state index contributed by atoms with van der Waals surface area (Å²) in [5.41, 5.74) is 2.83. The molecule has 6 rings (SSSR count). The van der Waals surface area contributed by atoms with Gasteiger partial charge in [0, 0.05) is 33.9 Å². The molecule has 0 aliphatic carbocycles. The van der Waals surface area contributed by atoms with Crippen molar-refractivity contribution in [1.82, 2.24) is 10.3 Å². The molecule has 3 heterocycles. The van der Waals surface area contributed by atoms with Crippen LogP contribution in [0, 0.1) is 5.82 Å². The van der Waals surface area contributed by atoms with Gasteiger partial charge in [0.2, 0.25) is 0 Å². The maximum atomic E-state index is 13.5. The molecule has 12 heteroatoms. The second-order valence-electron chi connectivity index (χ2n) is 10.9. The van der Waals surface area contributed by atoms with Gasteiger partial charge in [-0.05, 0) is 109 Å². The Hall–Kier alpha value is -3.31. The van der Waals surface area contributed by atoms with Gasteiger partial charge in [-0.25, -0.2) is 14.2 Å². The Morgan fingerprint density at radius 3 is 2.50 bits per heavy atom. The van der Waals surface area contributed by atoms with E-state index in [0.717, 1.165) is 53.0 Å². The molecule has 2 atom stereocenters. The highest BCUT2D eigenvalue weighted by Gasteiger charge is 2.40. The molecule has 1 saturated heterocycles. The van der Waals surface area contributed by atoms with Crippen molar-refractivity contribution in [2.24, 2.45) is 0 Å². The minimum absolute atomic E-state index is 0.237. The monoisotopic (exact) mass is 743 g/mol. The van der Waals surface area contributed by atoms with E-state index in [1.165, 1.54) is 29.8 Å². The van der Waals surface area contributed by atoms with Gasteiger partial charge < -0.3 is 20.1 Å². The molecule has 5 aromatic rings. The van der Waals surface area contributed by atoms with Crippen molar-refractivity contribution in [3.05, 3.63) is 134 Å². The highest BCUT2D eigenvalue weighted by molar-refractivity contribution is 8.00. The molecule has 48 heavy (non-hydrogen) atoms. The number of ether oxygens (including phenoxy) is 1. The Balaban J connectivity index is 0.000000292. The molecular formula is C36H33Cl3FN3O3S2. The lowest BCUT2D eigenvalue weighted by atomic mass is 9.80. The van der Waals surface area contributed by atoms with Gasteiger partial charge in [-0.3, -0.25) is 0 Å². The first-order chi connectivity index (χ1) is 23.2. The number of carboxylic acids is 1. The zero-order valence-electron chi connectivity index (χ0n) is 25.9. The molecule has 2 unspecified atom stereocenters. The first-order valence-corrected chi connectivity index (χ1v) is 18.1. The van der Waals surface area contributed by atoms with E-state index in [-0.39, 0.29) is 11.4 Å². The van der Waals surface area contributed by atoms with Gasteiger partial charge in [0.15, 0.2) is 6.61 Å². The highest BCUT2D eigenvalue weighted by atomic mass is 35.5. The van der Waals surface area contributed by atoms with Crippen molar-refractivity contribution in [1.29, 1.82) is 0 Å². The predicted octanol–water partition coefficient (Wildman–Crippen LogP) is 10.3. The summed E-state index contributed by atoms with van der Waals surface area (Å²) in [6.07, 6.45) is 1.98. The lowest BCUT2D eigenvalue weighted by Gasteiger charge is -2.41. The number of halogens is 4. The largest absolute Gasteiger partial charge is 0.480 e. The lowest BCUT2D eigenvalue weighted by Crippen LogP contribution is -2.51. The van der Waals surface area contributed by atoms with Crippen LogP contribution in [0.4, 0.5) is 15.9 Å². The summed E-state index contributed by atoms with van der Waals surface area (Å²) >= 11 is 21.3. The maximum absolute atomic E-state index is 13.5. The van der Waals surface area contributed by atoms with Crippen molar-refractivity contribution in [3.8, 4) is 5.75 Å². The van der Waals surface area contributed by atoms with Crippen molar-refractivity contribution >= 4 is 75.4 Å². The fourth-order valence-electron chi connectivity index (χ4n) is 5.44. The predicted molar refractivity (Wildman–Crippen MR) is 196 cm³/mol. The molecule has 1 aliphatic heterocycles. The van der Waals surface area contributed by atoms with Crippen LogP contribution >= 0.6 is 57.9 Å². The van der Waals surface area contributed by atoms with E-state index in [4.69, 9.17) is 49.6 Å². The number of thioether (sulfide) groups is 1. The SMILES string of the molecule is CCN(c1ccc(F)cc1)c1cccc(C2(c3ccsc3)CCC(Sc3ccccc3Cl)CN2)n1.O=C(O)COc1ccc(Cl)cc1Cl. The smallest absolute Gasteiger partial charge is 0.341 e. The number of nitrogens with one attached hydrogen (secondary N) is 1. The summed E-state index contributed by atoms with van der Waals surface area (Å²) in [6.45, 7) is 3.26. The van der Waals surface area contributed by atoms with E-state index in [1.54, 1.807) is 29.5 Å². The van der Waals surface area contributed by atoms with Crippen LogP contribution in [-0.2, 0) is 10.3 Å². The van der Waals surface area contributed by atoms with E-state index >= 15 is 0 Å². The average molecular weight is 745 g/mol. The third-order valence-corrected chi connectivity index (χ3v) is 10.8. The molecule has 0 spiro atoms. The average Bonchev–Trinajstić information content (AvgIpc) is 3.64. The number of piperidine rings is 1. The summed E-state index contributed by atoms with van der Waals surface area (Å²) in [6, 6.07) is 27.6. The van der Waals surface area contributed by atoms with Gasteiger partial charge in [0.1, 0.15) is 17.4 Å². The topological polar surface area (TPSA) is 74.7 Å². The molecular weight excluding hydrogens is 712 g/mol. The maximum Gasteiger partial charge on any atom is 0.341 e. The van der Waals surface area contributed by atoms with E-state index in [9.17, 15) is 9.18 Å². The minimum Gasteiger partial charge on any atom is -0.480 e. The van der Waals surface area contributed by atoms with Gasteiger partial charge in [0.05, 0.1) is 21.3 Å². The molecule has 6 nitrogen and oxygen atoms in total. The Bertz CT molecular complexity index is 1800. The number of carbonyl (C=O) groups is 1. The number of benzene rings is 3. The number of aromatic nitrogens is 1. The van der Waals surface area contributed by atoms with Gasteiger partial charge in [-0.15, -0.1) is 11.8 Å². The van der Waals surface area contributed by atoms with Gasteiger partial charge in [0.25, 0.3) is 0 Å². The number of hydrogen-bond donors (Lipinski definition) is 2. The zero-order chi connectivity index (χ0) is 34.1. The number of thiophene rings is 1. The molecule has 1 fully saturated rings. The lowest BCUT2D eigenvalue weighted by molar-refractivity contribution is -0.139. The van der Waals surface area contributed by atoms with Gasteiger partial charge >= 0.3 is 5.97 Å². The number of carboxylic acid groups (broad SMARTS) is 1. The minimum atomic E-state index is -1.05. The molecule has 0 saturated carbocycles. The van der Waals surface area contributed by atoms with E-state index in [0.29, 0.717) is 21.0 Å². The van der Waals surface area contributed by atoms with Gasteiger partial charge in [-0.2, -0.15) is 11.3 Å². The first-order valence-electron chi connectivity index (χ1n) is 15.2. The van der Waals surface area contributed by atoms with Crippen LogP contribution in [-0.4, -0.2) is 41.0 Å². The molecule has 1 aliphatic rings. The van der Waals surface area contributed by atoms with Crippen LogP contribution in [0.2, 0.25) is 15.1 Å². The van der Waals surface area contributed by atoms with Crippen LogP contribution in [0.25, 0.3) is 0 Å². The Morgan fingerprint density at radius 2 is 1.85 bits per heavy atom. The van der Waals surface area contributed by atoms with Crippen LogP contribution in [0.3, 0.4) is 0 Å². The number of rotatable bonds is 10. The number of anilines is 2. The normalized spacial score (nSPS) is 17.2. The quantitative estimate of drug-likeness (QED) is 0.147.